The number of fused-ring (bicyclic) bond motifs is 1. The van der Waals surface area contributed by atoms with Crippen molar-refractivity contribution in [1.29, 1.82) is 0 Å². The number of hydrogen-bond acceptors (Lipinski definition) is 2. The van der Waals surface area contributed by atoms with Gasteiger partial charge in [-0.1, -0.05) is 37.5 Å². The number of aromatic nitrogens is 1. The van der Waals surface area contributed by atoms with Crippen molar-refractivity contribution in [2.45, 2.75) is 42.9 Å². The molecule has 1 heterocycles. The van der Waals surface area contributed by atoms with Crippen LogP contribution in [0.2, 0.25) is 0 Å². The molecule has 108 valence electrons. The van der Waals surface area contributed by atoms with Gasteiger partial charge in [0.1, 0.15) is 0 Å². The summed E-state index contributed by atoms with van der Waals surface area (Å²) in [5, 5.41) is 0.873. The minimum absolute atomic E-state index is 0.380. The number of benzene rings is 1. The molecule has 1 aliphatic rings. The Morgan fingerprint density at radius 2 is 1.75 bits per heavy atom. The van der Waals surface area contributed by atoms with Crippen LogP contribution in [0.5, 0.6) is 0 Å². The maximum absolute atomic E-state index is 12.3. The molecular formula is C16H21NO2S. The number of hydrogen-bond donors (Lipinski definition) is 0. The molecule has 3 nitrogen and oxygen atoms in total. The molecule has 3 rings (SSSR count). The SMILES string of the molecule is Cn1c(C2CCCCC2)c(S(C)(=O)=O)c2ccccc21. The van der Waals surface area contributed by atoms with E-state index in [9.17, 15) is 8.42 Å². The zero-order valence-electron chi connectivity index (χ0n) is 12.1. The van der Waals surface area contributed by atoms with Crippen LogP contribution in [0.25, 0.3) is 10.9 Å². The van der Waals surface area contributed by atoms with Crippen molar-refractivity contribution >= 4 is 20.7 Å². The van der Waals surface area contributed by atoms with Crippen LogP contribution in [0.3, 0.4) is 0 Å². The molecule has 0 atom stereocenters. The summed E-state index contributed by atoms with van der Waals surface area (Å²) in [5.74, 6) is 0.380. The van der Waals surface area contributed by atoms with Gasteiger partial charge in [-0.25, -0.2) is 8.42 Å². The third-order valence-electron chi connectivity index (χ3n) is 4.47. The van der Waals surface area contributed by atoms with E-state index in [1.807, 2.05) is 31.3 Å². The number of aryl methyl sites for hydroxylation is 1. The van der Waals surface area contributed by atoms with E-state index in [-0.39, 0.29) is 0 Å². The lowest BCUT2D eigenvalue weighted by Gasteiger charge is -2.23. The van der Waals surface area contributed by atoms with Crippen molar-refractivity contribution in [2.75, 3.05) is 6.26 Å². The van der Waals surface area contributed by atoms with Crippen LogP contribution in [0.15, 0.2) is 29.2 Å². The molecule has 1 saturated carbocycles. The minimum atomic E-state index is -3.21. The van der Waals surface area contributed by atoms with E-state index in [0.717, 1.165) is 29.4 Å². The van der Waals surface area contributed by atoms with Gasteiger partial charge in [0.15, 0.2) is 9.84 Å². The highest BCUT2D eigenvalue weighted by Gasteiger charge is 2.28. The van der Waals surface area contributed by atoms with Gasteiger partial charge in [-0.2, -0.15) is 0 Å². The molecule has 4 heteroatoms. The van der Waals surface area contributed by atoms with Crippen molar-refractivity contribution < 1.29 is 8.42 Å². The highest BCUT2D eigenvalue weighted by molar-refractivity contribution is 7.91. The Bertz CT molecular complexity index is 737. The number of sulfone groups is 1. The predicted molar refractivity (Wildman–Crippen MR) is 81.9 cm³/mol. The van der Waals surface area contributed by atoms with Gasteiger partial charge in [-0.05, 0) is 18.9 Å². The molecule has 2 aromatic rings. The van der Waals surface area contributed by atoms with Crippen LogP contribution >= 0.6 is 0 Å². The highest BCUT2D eigenvalue weighted by atomic mass is 32.2. The standard InChI is InChI=1S/C16H21NO2S/c1-17-14-11-7-6-10-13(14)16(20(2,18)19)15(17)12-8-4-3-5-9-12/h6-7,10-12H,3-5,8-9H2,1-2H3. The van der Waals surface area contributed by atoms with Gasteiger partial charge in [0.2, 0.25) is 0 Å². The Balaban J connectivity index is 2.31. The van der Waals surface area contributed by atoms with Crippen LogP contribution < -0.4 is 0 Å². The zero-order valence-corrected chi connectivity index (χ0v) is 12.9. The molecule has 0 radical (unpaired) electrons. The second-order valence-corrected chi connectivity index (χ2v) is 7.85. The molecule has 0 spiro atoms. The quantitative estimate of drug-likeness (QED) is 0.847. The fraction of sp³-hybridized carbons (Fsp3) is 0.500. The molecule has 0 saturated heterocycles. The van der Waals surface area contributed by atoms with Crippen LogP contribution in [0, 0.1) is 0 Å². The van der Waals surface area contributed by atoms with Crippen LogP contribution in [-0.2, 0) is 16.9 Å². The van der Waals surface area contributed by atoms with Gasteiger partial charge >= 0.3 is 0 Å². The van der Waals surface area contributed by atoms with Crippen molar-refractivity contribution in [3.8, 4) is 0 Å². The van der Waals surface area contributed by atoms with Crippen LogP contribution in [0.1, 0.15) is 43.7 Å². The van der Waals surface area contributed by atoms with Gasteiger partial charge in [-0.15, -0.1) is 0 Å². The summed E-state index contributed by atoms with van der Waals surface area (Å²) in [6.45, 7) is 0. The van der Waals surface area contributed by atoms with Gasteiger partial charge in [0.25, 0.3) is 0 Å². The average molecular weight is 291 g/mol. The second kappa shape index (κ2) is 4.92. The smallest absolute Gasteiger partial charge is 0.177 e. The van der Waals surface area contributed by atoms with E-state index in [1.54, 1.807) is 0 Å². The van der Waals surface area contributed by atoms with Gasteiger partial charge in [-0.3, -0.25) is 0 Å². The first kappa shape index (κ1) is 13.7. The Morgan fingerprint density at radius 3 is 2.40 bits per heavy atom. The Kier molecular flexibility index (Phi) is 3.36. The lowest BCUT2D eigenvalue weighted by molar-refractivity contribution is 0.425. The summed E-state index contributed by atoms with van der Waals surface area (Å²) < 4.78 is 26.7. The van der Waals surface area contributed by atoms with Gasteiger partial charge in [0, 0.05) is 35.8 Å². The first-order valence-corrected chi connectivity index (χ1v) is 9.16. The van der Waals surface area contributed by atoms with Gasteiger partial charge < -0.3 is 4.57 Å². The molecule has 0 amide bonds. The van der Waals surface area contributed by atoms with Crippen LogP contribution in [-0.4, -0.2) is 19.2 Å². The third kappa shape index (κ3) is 2.16. The number of rotatable bonds is 2. The Labute approximate surface area is 120 Å². The predicted octanol–water partition coefficient (Wildman–Crippen LogP) is 3.63. The monoisotopic (exact) mass is 291 g/mol. The summed E-state index contributed by atoms with van der Waals surface area (Å²) in [4.78, 5) is 0.558. The first-order valence-electron chi connectivity index (χ1n) is 7.27. The Hall–Kier alpha value is -1.29. The third-order valence-corrected chi connectivity index (χ3v) is 5.64. The molecule has 1 aromatic heterocycles. The lowest BCUT2D eigenvalue weighted by Crippen LogP contribution is -2.12. The molecule has 0 bridgehead atoms. The summed E-state index contributed by atoms with van der Waals surface area (Å²) in [7, 11) is -1.21. The molecular weight excluding hydrogens is 270 g/mol. The summed E-state index contributed by atoms with van der Waals surface area (Å²) >= 11 is 0. The Morgan fingerprint density at radius 1 is 1.10 bits per heavy atom. The lowest BCUT2D eigenvalue weighted by atomic mass is 9.87. The van der Waals surface area contributed by atoms with E-state index in [2.05, 4.69) is 4.57 Å². The topological polar surface area (TPSA) is 39.1 Å². The second-order valence-electron chi connectivity index (χ2n) is 5.90. The normalized spacial score (nSPS) is 17.7. The molecule has 1 aromatic carbocycles. The molecule has 0 N–H and O–H groups in total. The van der Waals surface area contributed by atoms with E-state index in [0.29, 0.717) is 10.8 Å². The fourth-order valence-electron chi connectivity index (χ4n) is 3.60. The minimum Gasteiger partial charge on any atom is -0.346 e. The maximum atomic E-state index is 12.3. The molecule has 1 aliphatic carbocycles. The van der Waals surface area contributed by atoms with Gasteiger partial charge in [0.05, 0.1) is 4.90 Å². The average Bonchev–Trinajstić information content (AvgIpc) is 2.73. The fourth-order valence-corrected chi connectivity index (χ4v) is 4.86. The maximum Gasteiger partial charge on any atom is 0.177 e. The summed E-state index contributed by atoms with van der Waals surface area (Å²) in [5.41, 5.74) is 2.04. The first-order chi connectivity index (χ1) is 9.50. The molecule has 20 heavy (non-hydrogen) atoms. The number of para-hydroxylation sites is 1. The largest absolute Gasteiger partial charge is 0.346 e. The zero-order chi connectivity index (χ0) is 14.3. The summed E-state index contributed by atoms with van der Waals surface area (Å²) in [6, 6.07) is 7.83. The van der Waals surface area contributed by atoms with Crippen LogP contribution in [0.4, 0.5) is 0 Å². The van der Waals surface area contributed by atoms with Crippen molar-refractivity contribution in [2.24, 2.45) is 7.05 Å². The molecule has 1 fully saturated rings. The van der Waals surface area contributed by atoms with Crippen molar-refractivity contribution in [1.82, 2.24) is 4.57 Å². The molecule has 0 unspecified atom stereocenters. The van der Waals surface area contributed by atoms with E-state index < -0.39 is 9.84 Å². The van der Waals surface area contributed by atoms with Crippen molar-refractivity contribution in [3.05, 3.63) is 30.0 Å². The van der Waals surface area contributed by atoms with E-state index >= 15 is 0 Å². The molecule has 0 aliphatic heterocycles. The van der Waals surface area contributed by atoms with E-state index in [1.165, 1.54) is 25.5 Å². The van der Waals surface area contributed by atoms with E-state index in [4.69, 9.17) is 0 Å². The highest BCUT2D eigenvalue weighted by Crippen LogP contribution is 2.40. The summed E-state index contributed by atoms with van der Waals surface area (Å²) in [6.07, 6.45) is 7.22. The van der Waals surface area contributed by atoms with Crippen molar-refractivity contribution in [3.63, 3.8) is 0 Å². The number of nitrogens with zero attached hydrogens (tertiary/aromatic N) is 1.